The van der Waals surface area contributed by atoms with E-state index >= 15 is 0 Å². The zero-order valence-electron chi connectivity index (χ0n) is 36.2. The van der Waals surface area contributed by atoms with Gasteiger partial charge in [-0.3, -0.25) is 38.6 Å². The van der Waals surface area contributed by atoms with Crippen molar-refractivity contribution in [3.8, 4) is 0 Å². The molecule has 4 rings (SSSR count). The van der Waals surface area contributed by atoms with Gasteiger partial charge < -0.3 is 42.7 Å². The maximum Gasteiger partial charge on any atom is 0.289 e. The smallest absolute Gasteiger partial charge is 0.289 e. The van der Waals surface area contributed by atoms with Crippen LogP contribution in [0, 0.1) is 5.92 Å². The standard InChI is InChI=1S/C44H60N12O7/c1-26(2)37(42(62)52-34(39(59)28(4)57)18-12-20-49-44(45)46)54-40(60)35(21-30-23-50-33-17-9-8-16-32(30)33)53-41(61)36(22-31-24-47-25-51-31)56-55-27(3)38(58)43(63)48-19-11-10-15-29-13-6-5-7-14-29/h5-9,13-14,16-17,23-27,34-37,50,55-56H,10-12,15,18-22H2,1-4H3,(H,47,51)(H,48,63)(H,52,62)(H,53,61)(H,54,60)(H4,45,46,49)/t27-,34-,35-,36-,37-/m0/s1. The zero-order valence-corrected chi connectivity index (χ0v) is 36.2. The molecule has 0 aliphatic carbocycles. The number of fused-ring (bicyclic) bond motifs is 1. The van der Waals surface area contributed by atoms with E-state index in [0.29, 0.717) is 24.2 Å². The Morgan fingerprint density at radius 1 is 0.746 bits per heavy atom. The number of H-pyrrole nitrogens is 2. The molecule has 0 radical (unpaired) electrons. The van der Waals surface area contributed by atoms with Gasteiger partial charge in [0, 0.05) is 61.8 Å². The predicted octanol–water partition coefficient (Wildman–Crippen LogP) is 0.558. The zero-order chi connectivity index (χ0) is 45.9. The first-order chi connectivity index (χ1) is 30.1. The molecule has 0 saturated heterocycles. The number of aromatic amines is 2. The SMILES string of the molecule is CC(=O)C(=O)[C@H](CCCN=C(N)N)NC(=O)[C@@H](NC(=O)[C@H](Cc1c[nH]c2ccccc12)NC(=O)[C@H](Cc1cnc[nH]1)NN[C@@H](C)C(=O)C(=O)NCCCCc1ccccc1)C(C)C. The largest absolute Gasteiger partial charge is 0.370 e. The lowest BCUT2D eigenvalue weighted by atomic mass is 9.98. The number of carbonyl (C=O) groups is 7. The quantitative estimate of drug-likeness (QED) is 0.0129. The van der Waals surface area contributed by atoms with Gasteiger partial charge in [0.15, 0.2) is 11.7 Å². The number of imidazole rings is 1. The minimum atomic E-state index is -1.25. The van der Waals surface area contributed by atoms with Crippen LogP contribution in [0.5, 0.6) is 0 Å². The maximum absolute atomic E-state index is 14.3. The Hall–Kier alpha value is -6.73. The van der Waals surface area contributed by atoms with Gasteiger partial charge >= 0.3 is 0 Å². The number of ketones is 3. The Bertz CT molecular complexity index is 2180. The molecule has 2 aromatic heterocycles. The second-order valence-electron chi connectivity index (χ2n) is 15.7. The number of rotatable bonds is 27. The Morgan fingerprint density at radius 2 is 1.44 bits per heavy atom. The number of unbranched alkanes of at least 4 members (excludes halogenated alkanes) is 1. The van der Waals surface area contributed by atoms with Crippen molar-refractivity contribution < 1.29 is 33.6 Å². The number of Topliss-reactive ketones (excluding diaryl/α,β-unsaturated/α-hetero) is 3. The van der Waals surface area contributed by atoms with Crippen LogP contribution < -0.4 is 43.6 Å². The number of hydrazine groups is 1. The third kappa shape index (κ3) is 15.6. The summed E-state index contributed by atoms with van der Waals surface area (Å²) in [5.41, 5.74) is 19.7. The first-order valence-corrected chi connectivity index (χ1v) is 21.0. The lowest BCUT2D eigenvalue weighted by Crippen LogP contribution is -2.61. The first-order valence-electron chi connectivity index (χ1n) is 21.0. The van der Waals surface area contributed by atoms with Crippen molar-refractivity contribution in [1.82, 2.24) is 47.1 Å². The highest BCUT2D eigenvalue weighted by Crippen LogP contribution is 2.20. The molecule has 0 bridgehead atoms. The second-order valence-corrected chi connectivity index (χ2v) is 15.7. The van der Waals surface area contributed by atoms with Gasteiger partial charge in [0.05, 0.1) is 18.4 Å². The number of aryl methyl sites for hydroxylation is 1. The van der Waals surface area contributed by atoms with Crippen LogP contribution in [0.1, 0.15) is 70.2 Å². The van der Waals surface area contributed by atoms with Gasteiger partial charge in [-0.2, -0.15) is 0 Å². The van der Waals surface area contributed by atoms with E-state index in [4.69, 9.17) is 11.5 Å². The summed E-state index contributed by atoms with van der Waals surface area (Å²) in [4.78, 5) is 107. The number of nitrogens with zero attached hydrogens (tertiary/aromatic N) is 2. The monoisotopic (exact) mass is 868 g/mol. The molecule has 0 unspecified atom stereocenters. The summed E-state index contributed by atoms with van der Waals surface area (Å²) >= 11 is 0. The van der Waals surface area contributed by atoms with Crippen molar-refractivity contribution in [2.75, 3.05) is 13.1 Å². The summed E-state index contributed by atoms with van der Waals surface area (Å²) < 4.78 is 0. The summed E-state index contributed by atoms with van der Waals surface area (Å²) in [6.07, 6.45) is 7.40. The highest BCUT2D eigenvalue weighted by atomic mass is 16.2. The van der Waals surface area contributed by atoms with Crippen LogP contribution in [-0.2, 0) is 52.8 Å². The van der Waals surface area contributed by atoms with Crippen molar-refractivity contribution in [3.05, 3.63) is 90.1 Å². The Morgan fingerprint density at radius 3 is 2.13 bits per heavy atom. The predicted molar refractivity (Wildman–Crippen MR) is 237 cm³/mol. The van der Waals surface area contributed by atoms with E-state index in [1.54, 1.807) is 20.0 Å². The fourth-order valence-electron chi connectivity index (χ4n) is 6.77. The molecule has 19 nitrogen and oxygen atoms in total. The summed E-state index contributed by atoms with van der Waals surface area (Å²) in [6.45, 7) is 6.46. The fourth-order valence-corrected chi connectivity index (χ4v) is 6.77. The molecule has 0 aliphatic heterocycles. The van der Waals surface area contributed by atoms with Crippen molar-refractivity contribution in [3.63, 3.8) is 0 Å². The number of para-hydroxylation sites is 1. The van der Waals surface area contributed by atoms with E-state index in [-0.39, 0.29) is 38.2 Å². The second kappa shape index (κ2) is 24.6. The van der Waals surface area contributed by atoms with Crippen molar-refractivity contribution >= 4 is 57.8 Å². The molecule has 4 amide bonds. The number of hydrogen-bond donors (Lipinski definition) is 10. The molecule has 12 N–H and O–H groups in total. The van der Waals surface area contributed by atoms with Crippen LogP contribution in [0.25, 0.3) is 10.9 Å². The average Bonchev–Trinajstić information content (AvgIpc) is 3.94. The molecule has 0 aliphatic rings. The van der Waals surface area contributed by atoms with Crippen molar-refractivity contribution in [1.29, 1.82) is 0 Å². The van der Waals surface area contributed by atoms with Crippen LogP contribution in [-0.4, -0.2) is 105 Å². The lowest BCUT2D eigenvalue weighted by Gasteiger charge is -2.28. The van der Waals surface area contributed by atoms with Gasteiger partial charge in [0.25, 0.3) is 5.91 Å². The summed E-state index contributed by atoms with van der Waals surface area (Å²) in [6, 6.07) is 11.6. The average molecular weight is 869 g/mol. The molecular weight excluding hydrogens is 809 g/mol. The Balaban J connectivity index is 1.48. The maximum atomic E-state index is 14.3. The molecule has 63 heavy (non-hydrogen) atoms. The van der Waals surface area contributed by atoms with Crippen molar-refractivity contribution in [2.24, 2.45) is 22.4 Å². The molecule has 4 aromatic rings. The number of guanidine groups is 1. The van der Waals surface area contributed by atoms with E-state index in [9.17, 15) is 33.6 Å². The number of carbonyl (C=O) groups excluding carboxylic acids is 7. The third-order valence-electron chi connectivity index (χ3n) is 10.3. The molecule has 338 valence electrons. The molecule has 0 saturated carbocycles. The van der Waals surface area contributed by atoms with Gasteiger partial charge in [-0.25, -0.2) is 15.8 Å². The molecule has 5 atom stereocenters. The van der Waals surface area contributed by atoms with Gasteiger partial charge in [-0.15, -0.1) is 0 Å². The molecular formula is C44H60N12O7. The van der Waals surface area contributed by atoms with E-state index in [1.165, 1.54) is 25.0 Å². The molecule has 19 heteroatoms. The number of aliphatic imine (C=N–C) groups is 1. The van der Waals surface area contributed by atoms with E-state index in [1.807, 2.05) is 54.6 Å². The molecule has 2 heterocycles. The van der Waals surface area contributed by atoms with E-state index < -0.39 is 77.1 Å². The fraction of sp³-hybridized carbons (Fsp3) is 0.432. The van der Waals surface area contributed by atoms with E-state index in [2.05, 4.69) is 52.1 Å². The number of hydrogen-bond acceptors (Lipinski definition) is 11. The summed E-state index contributed by atoms with van der Waals surface area (Å²) in [5.74, 6) is -5.81. The van der Waals surface area contributed by atoms with Crippen LogP contribution in [0.3, 0.4) is 0 Å². The Kier molecular flexibility index (Phi) is 19.1. The van der Waals surface area contributed by atoms with Gasteiger partial charge in [0.2, 0.25) is 29.3 Å². The highest BCUT2D eigenvalue weighted by Gasteiger charge is 2.34. The minimum Gasteiger partial charge on any atom is -0.370 e. The van der Waals surface area contributed by atoms with Crippen LogP contribution in [0.2, 0.25) is 0 Å². The normalized spacial score (nSPS) is 13.5. The summed E-state index contributed by atoms with van der Waals surface area (Å²) in [7, 11) is 0. The number of nitrogens with two attached hydrogens (primary N) is 2. The first kappa shape index (κ1) is 48.9. The van der Waals surface area contributed by atoms with Crippen LogP contribution >= 0.6 is 0 Å². The molecule has 0 fully saturated rings. The van der Waals surface area contributed by atoms with Gasteiger partial charge in [0.1, 0.15) is 18.1 Å². The topological polar surface area (TPSA) is 301 Å². The highest BCUT2D eigenvalue weighted by molar-refractivity contribution is 6.38. The van der Waals surface area contributed by atoms with Crippen molar-refractivity contribution in [2.45, 2.75) is 103 Å². The number of amides is 4. The lowest BCUT2D eigenvalue weighted by molar-refractivity contribution is -0.139. The van der Waals surface area contributed by atoms with Gasteiger partial charge in [-0.05, 0) is 62.1 Å². The number of nitrogens with one attached hydrogen (secondary N) is 8. The minimum absolute atomic E-state index is 0.00508. The summed E-state index contributed by atoms with van der Waals surface area (Å²) in [5, 5.41) is 11.7. The van der Waals surface area contributed by atoms with E-state index in [0.717, 1.165) is 30.7 Å². The molecule has 2 aromatic carbocycles. The number of benzene rings is 2. The molecule has 0 spiro atoms. The van der Waals surface area contributed by atoms with Gasteiger partial charge in [-0.1, -0.05) is 62.4 Å². The number of aromatic nitrogens is 3. The Labute approximate surface area is 366 Å². The third-order valence-corrected chi connectivity index (χ3v) is 10.3. The van der Waals surface area contributed by atoms with Crippen LogP contribution in [0.15, 0.2) is 78.3 Å². The van der Waals surface area contributed by atoms with Crippen LogP contribution in [0.4, 0.5) is 0 Å².